The molecule has 5 nitrogen and oxygen atoms in total. The first-order chi connectivity index (χ1) is 29.7. The van der Waals surface area contributed by atoms with Crippen LogP contribution in [0.25, 0.3) is 87.3 Å². The Labute approximate surface area is 362 Å². The number of rotatable bonds is 5. The summed E-state index contributed by atoms with van der Waals surface area (Å²) in [5.74, 6) is 0.689. The Balaban J connectivity index is 1.01. The van der Waals surface area contributed by atoms with Gasteiger partial charge in [0, 0.05) is 58.9 Å². The van der Waals surface area contributed by atoms with Crippen LogP contribution in [0, 0.1) is 0 Å². The van der Waals surface area contributed by atoms with Crippen molar-refractivity contribution in [3.8, 4) is 5.69 Å². The van der Waals surface area contributed by atoms with Gasteiger partial charge in [0.05, 0.1) is 27.5 Å². The number of allylic oxidation sites excluding steroid dienone is 3. The van der Waals surface area contributed by atoms with E-state index >= 15 is 0 Å². The number of aryl methyl sites for hydroxylation is 1. The van der Waals surface area contributed by atoms with Crippen LogP contribution in [-0.4, -0.2) is 14.7 Å². The summed E-state index contributed by atoms with van der Waals surface area (Å²) in [6, 6.07) is 49.5. The van der Waals surface area contributed by atoms with Crippen LogP contribution in [0.15, 0.2) is 171 Å². The topological polar surface area (TPSA) is 55.6 Å². The number of aromatic nitrogens is 1. The molecule has 0 fully saturated rings. The van der Waals surface area contributed by atoms with E-state index in [1.54, 1.807) is 0 Å². The molecule has 1 atom stereocenters. The van der Waals surface area contributed by atoms with Crippen molar-refractivity contribution in [1.82, 2.24) is 4.57 Å². The molecule has 7 heteroatoms. The highest BCUT2D eigenvalue weighted by Crippen LogP contribution is 2.50. The standard InChI is InChI=1S/C53H34IN3O2S/c54-26-10-11-30-20-25-45-40(27-30)47-37-15-5-4-14-36(37)46-38-16-6-8-18-41(38)57(51(46)52(47)60-45)33-22-24-35-34-23-21-32(28-43(34)58-44(35)29-33)49-48(31-12-2-1-3-13-31)56-53-50(55-49)39-17-7-9-19-42(39)59-53/h1-19,21-24,27-29,48,56H,20,25-26H2/b11-10-. The molecule has 4 aromatic heterocycles. The third-order valence-electron chi connectivity index (χ3n) is 12.5. The zero-order valence-electron chi connectivity index (χ0n) is 32.2. The molecular weight excluding hydrogens is 870 g/mol. The molecular formula is C53H34IN3O2S. The van der Waals surface area contributed by atoms with Gasteiger partial charge in [-0.1, -0.05) is 126 Å². The average molecular weight is 904 g/mol. The van der Waals surface area contributed by atoms with Crippen molar-refractivity contribution in [3.05, 3.63) is 179 Å². The van der Waals surface area contributed by atoms with Crippen LogP contribution in [0.1, 0.15) is 34.0 Å². The van der Waals surface area contributed by atoms with Crippen molar-refractivity contribution in [2.75, 3.05) is 9.74 Å². The normalized spacial score (nSPS) is 15.4. The lowest BCUT2D eigenvalue weighted by molar-refractivity contribution is 0.622. The quantitative estimate of drug-likeness (QED) is 0.138. The van der Waals surface area contributed by atoms with Gasteiger partial charge in [-0.05, 0) is 88.9 Å². The van der Waals surface area contributed by atoms with Crippen LogP contribution in [0.3, 0.4) is 0 Å². The van der Waals surface area contributed by atoms with Gasteiger partial charge in [-0.25, -0.2) is 4.99 Å². The Morgan fingerprint density at radius 2 is 1.43 bits per heavy atom. The number of hydrogen-bond donors (Lipinski definition) is 1. The van der Waals surface area contributed by atoms with Crippen molar-refractivity contribution in [1.29, 1.82) is 0 Å². The van der Waals surface area contributed by atoms with Crippen molar-refractivity contribution < 1.29 is 8.83 Å². The van der Waals surface area contributed by atoms with Gasteiger partial charge < -0.3 is 18.7 Å². The van der Waals surface area contributed by atoms with Gasteiger partial charge in [0.2, 0.25) is 5.88 Å². The predicted molar refractivity (Wildman–Crippen MR) is 260 cm³/mol. The highest BCUT2D eigenvalue weighted by molar-refractivity contribution is 14.1. The lowest BCUT2D eigenvalue weighted by atomic mass is 9.92. The first-order valence-corrected chi connectivity index (χ1v) is 22.8. The second kappa shape index (κ2) is 13.3. The van der Waals surface area contributed by atoms with E-state index < -0.39 is 0 Å². The van der Waals surface area contributed by atoms with E-state index in [1.807, 2.05) is 35.6 Å². The SMILES string of the molecule is IC/C=C\C1=Cc2c(sc3c2c2ccccc2c2c4ccccc4n(-c4ccc5c(c4)oc4cc(C6=Nc7c(oc8ccccc78)NC6c6ccccc6)ccc45)c32)CC1. The van der Waals surface area contributed by atoms with Crippen LogP contribution >= 0.6 is 33.9 Å². The van der Waals surface area contributed by atoms with Gasteiger partial charge in [0.25, 0.3) is 0 Å². The number of benzene rings is 7. The molecule has 1 aliphatic carbocycles. The fraction of sp³-hybridized carbons (Fsp3) is 0.0755. The Morgan fingerprint density at radius 3 is 2.28 bits per heavy atom. The largest absolute Gasteiger partial charge is 0.456 e. The van der Waals surface area contributed by atoms with Crippen molar-refractivity contribution >= 4 is 133 Å². The summed E-state index contributed by atoms with van der Waals surface area (Å²) in [6.07, 6.45) is 9.17. The fourth-order valence-corrected chi connectivity index (χ4v) is 11.4. The summed E-state index contributed by atoms with van der Waals surface area (Å²) in [5.41, 5.74) is 12.7. The number of para-hydroxylation sites is 2. The zero-order chi connectivity index (χ0) is 39.5. The molecule has 0 saturated carbocycles. The molecule has 2 aliphatic rings. The molecule has 1 unspecified atom stereocenters. The van der Waals surface area contributed by atoms with Gasteiger partial charge in [0.15, 0.2) is 0 Å². The molecule has 11 aromatic rings. The number of thiophene rings is 1. The first-order valence-electron chi connectivity index (χ1n) is 20.4. The van der Waals surface area contributed by atoms with Gasteiger partial charge in [-0.3, -0.25) is 0 Å². The minimum atomic E-state index is -0.201. The minimum absolute atomic E-state index is 0.201. The molecule has 0 amide bonds. The number of alkyl halides is 1. The number of hydrogen-bond acceptors (Lipinski definition) is 5. The Kier molecular flexibility index (Phi) is 7.63. The van der Waals surface area contributed by atoms with Gasteiger partial charge in [0.1, 0.15) is 22.4 Å². The van der Waals surface area contributed by atoms with Crippen LogP contribution in [-0.2, 0) is 6.42 Å². The molecule has 5 heterocycles. The minimum Gasteiger partial charge on any atom is -0.456 e. The Bertz CT molecular complexity index is 3690. The monoisotopic (exact) mass is 903 g/mol. The van der Waals surface area contributed by atoms with E-state index in [2.05, 4.69) is 166 Å². The molecule has 0 spiro atoms. The van der Waals surface area contributed by atoms with Crippen molar-refractivity contribution in [3.63, 3.8) is 0 Å². The molecule has 13 rings (SSSR count). The third kappa shape index (κ3) is 5.05. The van der Waals surface area contributed by atoms with E-state index in [0.29, 0.717) is 5.88 Å². The molecule has 286 valence electrons. The number of furan rings is 2. The van der Waals surface area contributed by atoms with E-state index in [9.17, 15) is 0 Å². The van der Waals surface area contributed by atoms with Gasteiger partial charge in [-0.15, -0.1) is 11.3 Å². The first kappa shape index (κ1) is 34.4. The van der Waals surface area contributed by atoms with Crippen LogP contribution in [0.2, 0.25) is 0 Å². The molecule has 0 saturated heterocycles. The highest BCUT2D eigenvalue weighted by Gasteiger charge is 2.30. The molecule has 0 radical (unpaired) electrons. The highest BCUT2D eigenvalue weighted by atomic mass is 127. The van der Waals surface area contributed by atoms with E-state index in [-0.39, 0.29) is 6.04 Å². The molecule has 1 aliphatic heterocycles. The van der Waals surface area contributed by atoms with Crippen LogP contribution in [0.5, 0.6) is 0 Å². The smallest absolute Gasteiger partial charge is 0.220 e. The summed E-state index contributed by atoms with van der Waals surface area (Å²) < 4.78 is 18.0. The average Bonchev–Trinajstić information content (AvgIpc) is 4.06. The molecule has 7 aromatic carbocycles. The number of nitrogens with one attached hydrogen (secondary N) is 1. The number of nitrogens with zero attached hydrogens (tertiary/aromatic N) is 2. The summed E-state index contributed by atoms with van der Waals surface area (Å²) in [6.45, 7) is 0. The van der Waals surface area contributed by atoms with Crippen molar-refractivity contribution in [2.24, 2.45) is 4.99 Å². The molecule has 0 bridgehead atoms. The maximum atomic E-state index is 6.86. The van der Waals surface area contributed by atoms with Gasteiger partial charge in [-0.2, -0.15) is 0 Å². The lowest BCUT2D eigenvalue weighted by Gasteiger charge is -2.25. The summed E-state index contributed by atoms with van der Waals surface area (Å²) >= 11 is 4.40. The second-order valence-electron chi connectivity index (χ2n) is 15.8. The lowest BCUT2D eigenvalue weighted by Crippen LogP contribution is -2.24. The molecule has 1 N–H and O–H groups in total. The van der Waals surface area contributed by atoms with Crippen molar-refractivity contribution in [2.45, 2.75) is 18.9 Å². The molecule has 60 heavy (non-hydrogen) atoms. The number of halogens is 1. The Hall–Kier alpha value is -6.42. The summed E-state index contributed by atoms with van der Waals surface area (Å²) in [5, 5.41) is 13.4. The van der Waals surface area contributed by atoms with E-state index in [0.717, 1.165) is 78.4 Å². The summed E-state index contributed by atoms with van der Waals surface area (Å²) in [7, 11) is 0. The predicted octanol–water partition coefficient (Wildman–Crippen LogP) is 15.4. The number of aliphatic imine (C=N–C) groups is 1. The maximum Gasteiger partial charge on any atom is 0.220 e. The van der Waals surface area contributed by atoms with Gasteiger partial charge >= 0.3 is 0 Å². The Morgan fingerprint density at radius 1 is 0.700 bits per heavy atom. The fourth-order valence-electron chi connectivity index (χ4n) is 9.83. The van der Waals surface area contributed by atoms with E-state index in [1.165, 1.54) is 58.7 Å². The maximum absolute atomic E-state index is 6.86. The summed E-state index contributed by atoms with van der Waals surface area (Å²) in [4.78, 5) is 6.80. The van der Waals surface area contributed by atoms with Crippen LogP contribution < -0.4 is 5.32 Å². The number of anilines is 1. The zero-order valence-corrected chi connectivity index (χ0v) is 35.2. The van der Waals surface area contributed by atoms with E-state index in [4.69, 9.17) is 13.8 Å². The number of fused-ring (bicyclic) bond motifs is 16. The van der Waals surface area contributed by atoms with Crippen LogP contribution in [0.4, 0.5) is 11.6 Å². The third-order valence-corrected chi connectivity index (χ3v) is 14.2. The second-order valence-corrected chi connectivity index (χ2v) is 17.8.